The first kappa shape index (κ1) is 21.9. The number of carbonyl (C=O) groups excluding carboxylic acids is 2. The minimum atomic E-state index is -0.0251. The number of aromatic nitrogens is 2. The van der Waals surface area contributed by atoms with Crippen molar-refractivity contribution >= 4 is 22.7 Å². The molecule has 4 rings (SSSR count). The van der Waals surface area contributed by atoms with Gasteiger partial charge in [0.2, 0.25) is 5.91 Å². The molecule has 1 N–H and O–H groups in total. The molecule has 1 saturated heterocycles. The van der Waals surface area contributed by atoms with Gasteiger partial charge in [0, 0.05) is 31.0 Å². The summed E-state index contributed by atoms with van der Waals surface area (Å²) >= 11 is 0. The molecule has 2 aromatic carbocycles. The molecule has 32 heavy (non-hydrogen) atoms. The van der Waals surface area contributed by atoms with Crippen molar-refractivity contribution in [3.8, 4) is 11.5 Å². The minimum Gasteiger partial charge on any atom is -0.493 e. The molecule has 0 aliphatic carbocycles. The first-order chi connectivity index (χ1) is 15.5. The predicted octanol–water partition coefficient (Wildman–Crippen LogP) is 4.34. The number of amides is 1. The van der Waals surface area contributed by atoms with Crippen molar-refractivity contribution in [3.05, 3.63) is 53.9 Å². The number of imidazole rings is 1. The van der Waals surface area contributed by atoms with E-state index in [0.29, 0.717) is 43.1 Å². The SMILES string of the molecule is COc1cc(C(C)=O)ccc1OCCCC(=O)N1CCCC(c2nc3ccccc3[nH]2)C1. The Hall–Kier alpha value is -3.35. The van der Waals surface area contributed by atoms with Gasteiger partial charge < -0.3 is 19.4 Å². The van der Waals surface area contributed by atoms with E-state index in [2.05, 4.69) is 4.98 Å². The Morgan fingerprint density at radius 3 is 2.81 bits per heavy atom. The fraction of sp³-hybridized carbons (Fsp3) is 0.400. The van der Waals surface area contributed by atoms with Gasteiger partial charge in [-0.3, -0.25) is 9.59 Å². The monoisotopic (exact) mass is 435 g/mol. The van der Waals surface area contributed by atoms with Crippen molar-refractivity contribution in [2.45, 2.75) is 38.5 Å². The quantitative estimate of drug-likeness (QED) is 0.420. The highest BCUT2D eigenvalue weighted by Gasteiger charge is 2.26. The van der Waals surface area contributed by atoms with Gasteiger partial charge in [-0.25, -0.2) is 4.98 Å². The van der Waals surface area contributed by atoms with E-state index in [1.807, 2.05) is 29.2 Å². The summed E-state index contributed by atoms with van der Waals surface area (Å²) in [7, 11) is 1.55. The number of piperidine rings is 1. The van der Waals surface area contributed by atoms with Crippen LogP contribution in [0.2, 0.25) is 0 Å². The zero-order valence-electron chi connectivity index (χ0n) is 18.6. The van der Waals surface area contributed by atoms with Crippen molar-refractivity contribution in [1.29, 1.82) is 0 Å². The van der Waals surface area contributed by atoms with Crippen LogP contribution in [0.25, 0.3) is 11.0 Å². The second-order valence-electron chi connectivity index (χ2n) is 8.19. The molecule has 1 aromatic heterocycles. The maximum absolute atomic E-state index is 12.8. The molecular formula is C25H29N3O4. The van der Waals surface area contributed by atoms with Crippen molar-refractivity contribution < 1.29 is 19.1 Å². The molecule has 1 fully saturated rings. The summed E-state index contributed by atoms with van der Waals surface area (Å²) in [5.41, 5.74) is 2.58. The first-order valence-electron chi connectivity index (χ1n) is 11.1. The number of hydrogen-bond donors (Lipinski definition) is 1. The van der Waals surface area contributed by atoms with Crippen LogP contribution in [0.4, 0.5) is 0 Å². The van der Waals surface area contributed by atoms with Crippen LogP contribution in [-0.4, -0.2) is 53.4 Å². The number of nitrogens with one attached hydrogen (secondary N) is 1. The molecular weight excluding hydrogens is 406 g/mol. The lowest BCUT2D eigenvalue weighted by molar-refractivity contribution is -0.132. The maximum Gasteiger partial charge on any atom is 0.222 e. The van der Waals surface area contributed by atoms with Crippen LogP contribution in [-0.2, 0) is 4.79 Å². The molecule has 7 heteroatoms. The molecule has 0 radical (unpaired) electrons. The van der Waals surface area contributed by atoms with E-state index in [-0.39, 0.29) is 17.6 Å². The number of benzene rings is 2. The zero-order chi connectivity index (χ0) is 22.5. The van der Waals surface area contributed by atoms with Crippen molar-refractivity contribution in [3.63, 3.8) is 0 Å². The Kier molecular flexibility index (Phi) is 6.73. The smallest absolute Gasteiger partial charge is 0.222 e. The molecule has 2 heterocycles. The van der Waals surface area contributed by atoms with Crippen molar-refractivity contribution in [2.75, 3.05) is 26.8 Å². The summed E-state index contributed by atoms with van der Waals surface area (Å²) in [6.07, 6.45) is 3.05. The molecule has 168 valence electrons. The lowest BCUT2D eigenvalue weighted by Gasteiger charge is -2.32. The van der Waals surface area contributed by atoms with Gasteiger partial charge >= 0.3 is 0 Å². The lowest BCUT2D eigenvalue weighted by atomic mass is 9.97. The summed E-state index contributed by atoms with van der Waals surface area (Å²) in [6, 6.07) is 13.1. The van der Waals surface area contributed by atoms with E-state index in [0.717, 1.165) is 36.2 Å². The molecule has 1 unspecified atom stereocenters. The number of aromatic amines is 1. The van der Waals surface area contributed by atoms with Crippen LogP contribution < -0.4 is 9.47 Å². The summed E-state index contributed by atoms with van der Waals surface area (Å²) < 4.78 is 11.1. The number of H-pyrrole nitrogens is 1. The minimum absolute atomic E-state index is 0.0251. The molecule has 1 aliphatic rings. The van der Waals surface area contributed by atoms with E-state index < -0.39 is 0 Å². The number of para-hydroxylation sites is 2. The third kappa shape index (κ3) is 4.93. The number of nitrogens with zero attached hydrogens (tertiary/aromatic N) is 2. The second kappa shape index (κ2) is 9.85. The van der Waals surface area contributed by atoms with Crippen molar-refractivity contribution in [2.24, 2.45) is 0 Å². The van der Waals surface area contributed by atoms with Gasteiger partial charge in [0.05, 0.1) is 24.8 Å². The van der Waals surface area contributed by atoms with E-state index in [4.69, 9.17) is 14.5 Å². The van der Waals surface area contributed by atoms with E-state index in [1.165, 1.54) is 6.92 Å². The molecule has 1 aliphatic heterocycles. The second-order valence-corrected chi connectivity index (χ2v) is 8.19. The highest BCUT2D eigenvalue weighted by atomic mass is 16.5. The van der Waals surface area contributed by atoms with Gasteiger partial charge in [0.1, 0.15) is 5.82 Å². The number of likely N-dealkylation sites (tertiary alicyclic amines) is 1. The number of rotatable bonds is 8. The molecule has 3 aromatic rings. The summed E-state index contributed by atoms with van der Waals surface area (Å²) in [5, 5.41) is 0. The Bertz CT molecular complexity index is 1070. The third-order valence-corrected chi connectivity index (χ3v) is 5.93. The number of Topliss-reactive ketones (excluding diaryl/α,β-unsaturated/α-hetero) is 1. The van der Waals surface area contributed by atoms with Gasteiger partial charge in [0.25, 0.3) is 0 Å². The molecule has 7 nitrogen and oxygen atoms in total. The third-order valence-electron chi connectivity index (χ3n) is 5.93. The number of ketones is 1. The van der Waals surface area contributed by atoms with E-state index in [9.17, 15) is 9.59 Å². The number of ether oxygens (including phenoxy) is 2. The summed E-state index contributed by atoms with van der Waals surface area (Å²) in [5.74, 6) is 2.42. The summed E-state index contributed by atoms with van der Waals surface area (Å²) in [6.45, 7) is 3.40. The maximum atomic E-state index is 12.8. The van der Waals surface area contributed by atoms with E-state index >= 15 is 0 Å². The van der Waals surface area contributed by atoms with Crippen LogP contribution in [0.15, 0.2) is 42.5 Å². The Balaban J connectivity index is 1.28. The number of methoxy groups -OCH3 is 1. The standard InChI is InChI=1S/C25H29N3O4/c1-17(29)18-11-12-22(23(15-18)31-2)32-14-6-10-24(30)28-13-5-7-19(16-28)25-26-20-8-3-4-9-21(20)27-25/h3-4,8-9,11-12,15,19H,5-7,10,13-14,16H2,1-2H3,(H,26,27). The fourth-order valence-corrected chi connectivity index (χ4v) is 4.16. The van der Waals surface area contributed by atoms with Gasteiger partial charge in [-0.1, -0.05) is 12.1 Å². The largest absolute Gasteiger partial charge is 0.493 e. The van der Waals surface area contributed by atoms with Crippen LogP contribution in [0.5, 0.6) is 11.5 Å². The molecule has 1 amide bonds. The Morgan fingerprint density at radius 1 is 1.19 bits per heavy atom. The van der Waals surface area contributed by atoms with Crippen LogP contribution in [0.1, 0.15) is 54.7 Å². The number of fused-ring (bicyclic) bond motifs is 1. The molecule has 0 bridgehead atoms. The average Bonchev–Trinajstić information content (AvgIpc) is 3.26. The molecule has 0 spiro atoms. The number of hydrogen-bond acceptors (Lipinski definition) is 5. The predicted molar refractivity (Wildman–Crippen MR) is 122 cm³/mol. The zero-order valence-corrected chi connectivity index (χ0v) is 18.6. The summed E-state index contributed by atoms with van der Waals surface area (Å²) in [4.78, 5) is 34.4. The first-order valence-corrected chi connectivity index (χ1v) is 11.1. The highest BCUT2D eigenvalue weighted by Crippen LogP contribution is 2.29. The fourth-order valence-electron chi connectivity index (χ4n) is 4.16. The molecule has 0 saturated carbocycles. The van der Waals surface area contributed by atoms with Crippen LogP contribution >= 0.6 is 0 Å². The van der Waals surface area contributed by atoms with Crippen molar-refractivity contribution in [1.82, 2.24) is 14.9 Å². The van der Waals surface area contributed by atoms with Gasteiger partial charge in [-0.15, -0.1) is 0 Å². The Labute approximate surface area is 187 Å². The van der Waals surface area contributed by atoms with E-state index in [1.54, 1.807) is 25.3 Å². The van der Waals surface area contributed by atoms with Gasteiger partial charge in [-0.2, -0.15) is 0 Å². The molecule has 1 atom stereocenters. The number of carbonyl (C=O) groups is 2. The van der Waals surface area contributed by atoms with Crippen LogP contribution in [0, 0.1) is 0 Å². The lowest BCUT2D eigenvalue weighted by Crippen LogP contribution is -2.39. The Morgan fingerprint density at radius 2 is 2.03 bits per heavy atom. The van der Waals surface area contributed by atoms with Crippen LogP contribution in [0.3, 0.4) is 0 Å². The van der Waals surface area contributed by atoms with Gasteiger partial charge in [0.15, 0.2) is 17.3 Å². The highest BCUT2D eigenvalue weighted by molar-refractivity contribution is 5.94. The average molecular weight is 436 g/mol. The van der Waals surface area contributed by atoms with Gasteiger partial charge in [-0.05, 0) is 56.5 Å². The normalized spacial score (nSPS) is 16.2. The topological polar surface area (TPSA) is 84.5 Å².